The van der Waals surface area contributed by atoms with Crippen LogP contribution in [0.2, 0.25) is 0 Å². The highest BCUT2D eigenvalue weighted by molar-refractivity contribution is 5.88. The zero-order chi connectivity index (χ0) is 20.3. The summed E-state index contributed by atoms with van der Waals surface area (Å²) in [5, 5.41) is 29.3. The molecular formula is C16H15N11O2. The van der Waals surface area contributed by atoms with Crippen molar-refractivity contribution in [3.8, 4) is 11.5 Å². The van der Waals surface area contributed by atoms with Crippen LogP contribution in [0.25, 0.3) is 28.2 Å². The molecule has 146 valence electrons. The van der Waals surface area contributed by atoms with Gasteiger partial charge in [0.1, 0.15) is 30.1 Å². The van der Waals surface area contributed by atoms with Crippen molar-refractivity contribution in [1.82, 2.24) is 48.9 Å². The van der Waals surface area contributed by atoms with Crippen molar-refractivity contribution in [1.29, 1.82) is 0 Å². The lowest BCUT2D eigenvalue weighted by atomic mass is 10.3. The molecule has 13 heteroatoms. The fraction of sp³-hybridized carbons (Fsp3) is 0.250. The average Bonchev–Trinajstić information content (AvgIpc) is 3.42. The second-order valence-electron chi connectivity index (χ2n) is 6.61. The monoisotopic (exact) mass is 393 g/mol. The Hall–Kier alpha value is -4.16. The van der Waals surface area contributed by atoms with E-state index in [1.54, 1.807) is 57.2 Å². The van der Waals surface area contributed by atoms with Crippen LogP contribution in [0.4, 0.5) is 5.69 Å². The van der Waals surface area contributed by atoms with E-state index < -0.39 is 4.92 Å². The number of nitrogens with zero attached hydrogens (tertiary/aromatic N) is 11. The molecule has 0 aromatic carbocycles. The van der Waals surface area contributed by atoms with E-state index in [-0.39, 0.29) is 12.4 Å². The lowest BCUT2D eigenvalue weighted by molar-refractivity contribution is -0.386. The molecule has 0 unspecified atom stereocenters. The van der Waals surface area contributed by atoms with Gasteiger partial charge in [-0.1, -0.05) is 0 Å². The number of hydrogen-bond acceptors (Lipinski definition) is 8. The molecular weight excluding hydrogens is 378 g/mol. The maximum atomic E-state index is 11.2. The Morgan fingerprint density at radius 3 is 2.76 bits per heavy atom. The van der Waals surface area contributed by atoms with Gasteiger partial charge in [0.2, 0.25) is 5.82 Å². The van der Waals surface area contributed by atoms with E-state index in [1.165, 1.54) is 0 Å². The van der Waals surface area contributed by atoms with Gasteiger partial charge in [0.25, 0.3) is 0 Å². The van der Waals surface area contributed by atoms with E-state index in [9.17, 15) is 10.1 Å². The molecule has 5 heterocycles. The molecule has 0 atom stereocenters. The Kier molecular flexibility index (Phi) is 3.46. The first-order valence-electron chi connectivity index (χ1n) is 8.67. The van der Waals surface area contributed by atoms with Crippen LogP contribution >= 0.6 is 0 Å². The summed E-state index contributed by atoms with van der Waals surface area (Å²) in [4.78, 5) is 19.7. The molecule has 0 amide bonds. The van der Waals surface area contributed by atoms with Gasteiger partial charge in [0.15, 0.2) is 11.3 Å². The molecule has 0 N–H and O–H groups in total. The third-order valence-corrected chi connectivity index (χ3v) is 4.74. The van der Waals surface area contributed by atoms with Crippen molar-refractivity contribution in [2.75, 3.05) is 0 Å². The Balaban J connectivity index is 1.50. The smallest absolute Gasteiger partial charge is 0.258 e. The average molecular weight is 393 g/mol. The van der Waals surface area contributed by atoms with E-state index >= 15 is 0 Å². The van der Waals surface area contributed by atoms with Gasteiger partial charge in [0.05, 0.1) is 16.5 Å². The Bertz CT molecular complexity index is 1400. The first-order chi connectivity index (χ1) is 13.9. The molecule has 29 heavy (non-hydrogen) atoms. The molecule has 0 spiro atoms. The Labute approximate surface area is 162 Å². The molecule has 0 aliphatic carbocycles. The maximum Gasteiger partial charge on any atom is 0.312 e. The molecule has 0 aliphatic rings. The first-order valence-corrected chi connectivity index (χ1v) is 8.67. The molecule has 0 aliphatic heterocycles. The van der Waals surface area contributed by atoms with Crippen LogP contribution in [-0.2, 0) is 13.7 Å². The Morgan fingerprint density at radius 2 is 2.00 bits per heavy atom. The summed E-state index contributed by atoms with van der Waals surface area (Å²) >= 11 is 0. The largest absolute Gasteiger partial charge is 0.312 e. The van der Waals surface area contributed by atoms with Crippen LogP contribution in [0.15, 0.2) is 24.8 Å². The molecule has 0 radical (unpaired) electrons. The van der Waals surface area contributed by atoms with E-state index in [0.29, 0.717) is 34.2 Å². The van der Waals surface area contributed by atoms with E-state index in [0.717, 1.165) is 5.39 Å². The van der Waals surface area contributed by atoms with Crippen LogP contribution in [-0.4, -0.2) is 53.8 Å². The van der Waals surface area contributed by atoms with E-state index in [4.69, 9.17) is 0 Å². The van der Waals surface area contributed by atoms with Gasteiger partial charge < -0.3 is 0 Å². The lowest BCUT2D eigenvalue weighted by Gasteiger charge is -2.03. The van der Waals surface area contributed by atoms with Gasteiger partial charge in [-0.15, -0.1) is 5.10 Å². The standard InChI is InChI=1S/C16H15N11O2/c1-9-13(27(28)29)10(2)26(20-9)8-24-5-4-12(21-24)14-19-16-11-6-18-23(3)15(11)17-7-25(16)22-14/h4-7H,8H2,1-3H3. The molecule has 5 aromatic rings. The highest BCUT2D eigenvalue weighted by Gasteiger charge is 2.22. The highest BCUT2D eigenvalue weighted by atomic mass is 16.6. The summed E-state index contributed by atoms with van der Waals surface area (Å²) < 4.78 is 6.43. The van der Waals surface area contributed by atoms with Crippen LogP contribution in [0.5, 0.6) is 0 Å². The number of rotatable bonds is 4. The first kappa shape index (κ1) is 17.0. The van der Waals surface area contributed by atoms with Gasteiger partial charge in [0, 0.05) is 13.2 Å². The van der Waals surface area contributed by atoms with Gasteiger partial charge >= 0.3 is 5.69 Å². The molecule has 0 saturated carbocycles. The molecule has 0 saturated heterocycles. The maximum absolute atomic E-state index is 11.2. The summed E-state index contributed by atoms with van der Waals surface area (Å²) in [6.45, 7) is 3.52. The van der Waals surface area contributed by atoms with Crippen molar-refractivity contribution >= 4 is 22.4 Å². The van der Waals surface area contributed by atoms with Crippen molar-refractivity contribution in [3.63, 3.8) is 0 Å². The van der Waals surface area contributed by atoms with E-state index in [2.05, 4.69) is 30.4 Å². The summed E-state index contributed by atoms with van der Waals surface area (Å²) in [7, 11) is 1.81. The second kappa shape index (κ2) is 5.92. The second-order valence-corrected chi connectivity index (χ2v) is 6.61. The van der Waals surface area contributed by atoms with Crippen LogP contribution in [0.1, 0.15) is 11.4 Å². The van der Waals surface area contributed by atoms with Crippen molar-refractivity contribution < 1.29 is 4.92 Å². The molecule has 0 bridgehead atoms. The lowest BCUT2D eigenvalue weighted by Crippen LogP contribution is -2.11. The minimum atomic E-state index is -0.420. The Morgan fingerprint density at radius 1 is 1.17 bits per heavy atom. The number of hydrogen-bond donors (Lipinski definition) is 0. The number of fused-ring (bicyclic) bond motifs is 3. The summed E-state index contributed by atoms with van der Waals surface area (Å²) in [5.74, 6) is 0.446. The molecule has 0 fully saturated rings. The van der Waals surface area contributed by atoms with E-state index in [1.807, 2.05) is 7.05 Å². The van der Waals surface area contributed by atoms with Crippen LogP contribution in [0.3, 0.4) is 0 Å². The quantitative estimate of drug-likeness (QED) is 0.327. The summed E-state index contributed by atoms with van der Waals surface area (Å²) in [6, 6.07) is 1.78. The third kappa shape index (κ3) is 2.55. The van der Waals surface area contributed by atoms with Crippen molar-refractivity contribution in [3.05, 3.63) is 46.3 Å². The fourth-order valence-corrected chi connectivity index (χ4v) is 3.33. The van der Waals surface area contributed by atoms with Crippen molar-refractivity contribution in [2.45, 2.75) is 20.5 Å². The molecule has 13 nitrogen and oxygen atoms in total. The molecule has 5 rings (SSSR count). The minimum Gasteiger partial charge on any atom is -0.258 e. The zero-order valence-electron chi connectivity index (χ0n) is 15.8. The van der Waals surface area contributed by atoms with Crippen molar-refractivity contribution in [2.24, 2.45) is 7.05 Å². The van der Waals surface area contributed by atoms with Gasteiger partial charge in [-0.2, -0.15) is 15.3 Å². The minimum absolute atomic E-state index is 0.0207. The zero-order valence-corrected chi connectivity index (χ0v) is 15.8. The van der Waals surface area contributed by atoms with Gasteiger partial charge in [-0.05, 0) is 19.9 Å². The van der Waals surface area contributed by atoms with Crippen LogP contribution < -0.4 is 0 Å². The number of aromatic nitrogens is 10. The van der Waals surface area contributed by atoms with Gasteiger partial charge in [-0.25, -0.2) is 19.2 Å². The predicted molar refractivity (Wildman–Crippen MR) is 100 cm³/mol. The summed E-state index contributed by atoms with van der Waals surface area (Å²) in [6.07, 6.45) is 5.04. The molecule has 5 aromatic heterocycles. The third-order valence-electron chi connectivity index (χ3n) is 4.74. The van der Waals surface area contributed by atoms with Crippen LogP contribution in [0, 0.1) is 24.0 Å². The fourth-order valence-electron chi connectivity index (χ4n) is 3.33. The number of aryl methyl sites for hydroxylation is 2. The van der Waals surface area contributed by atoms with Gasteiger partial charge in [-0.3, -0.25) is 19.5 Å². The highest BCUT2D eigenvalue weighted by Crippen LogP contribution is 2.22. The normalized spacial score (nSPS) is 11.7. The topological polar surface area (TPSA) is 140 Å². The predicted octanol–water partition coefficient (Wildman–Crippen LogP) is 1.10. The summed E-state index contributed by atoms with van der Waals surface area (Å²) in [5.41, 5.74) is 2.79. The number of nitro groups is 1. The SMILES string of the molecule is Cc1nn(Cn2ccc(-c3nc4c5cnn(C)c5ncn4n3)n2)c(C)c1[N+](=O)[O-].